The molecule has 4 rings (SSSR count). The van der Waals surface area contributed by atoms with Gasteiger partial charge in [0, 0.05) is 43.5 Å². The van der Waals surface area contributed by atoms with Crippen molar-refractivity contribution in [2.24, 2.45) is 0 Å². The Morgan fingerprint density at radius 2 is 1.57 bits per heavy atom. The van der Waals surface area contributed by atoms with E-state index in [-0.39, 0.29) is 5.91 Å². The lowest BCUT2D eigenvalue weighted by molar-refractivity contribution is 0.0746. The number of piperazine rings is 1. The molecule has 1 aliphatic rings. The molecule has 0 atom stereocenters. The van der Waals surface area contributed by atoms with E-state index >= 15 is 0 Å². The highest BCUT2D eigenvalue weighted by molar-refractivity contribution is 5.94. The molecule has 30 heavy (non-hydrogen) atoms. The van der Waals surface area contributed by atoms with E-state index in [2.05, 4.69) is 11.0 Å². The number of hydrogen-bond acceptors (Lipinski definition) is 4. The van der Waals surface area contributed by atoms with Crippen LogP contribution in [0.2, 0.25) is 0 Å². The molecule has 0 aliphatic carbocycles. The lowest BCUT2D eigenvalue weighted by Crippen LogP contribution is -2.48. The smallest absolute Gasteiger partial charge is 0.254 e. The van der Waals surface area contributed by atoms with E-state index in [4.69, 9.17) is 9.47 Å². The third-order valence-corrected chi connectivity index (χ3v) is 5.31. The van der Waals surface area contributed by atoms with Crippen LogP contribution in [0.15, 0.2) is 78.9 Å². The summed E-state index contributed by atoms with van der Waals surface area (Å²) in [5, 5.41) is 0. The zero-order valence-corrected chi connectivity index (χ0v) is 17.2. The molecule has 3 aromatic carbocycles. The van der Waals surface area contributed by atoms with E-state index in [1.807, 2.05) is 77.7 Å². The minimum atomic E-state index is 0.0467. The maximum absolute atomic E-state index is 13.0. The normalized spacial score (nSPS) is 13.8. The fraction of sp³-hybridized carbons (Fsp3) is 0.240. The van der Waals surface area contributed by atoms with Gasteiger partial charge in [-0.25, -0.2) is 0 Å². The van der Waals surface area contributed by atoms with Crippen molar-refractivity contribution < 1.29 is 14.3 Å². The number of benzene rings is 3. The molecule has 154 valence electrons. The highest BCUT2D eigenvalue weighted by Gasteiger charge is 2.22. The van der Waals surface area contributed by atoms with Crippen LogP contribution in [0.1, 0.15) is 15.9 Å². The van der Waals surface area contributed by atoms with E-state index in [0.717, 1.165) is 30.1 Å². The van der Waals surface area contributed by atoms with Crippen molar-refractivity contribution in [3.05, 3.63) is 90.0 Å². The Balaban J connectivity index is 1.36. The Morgan fingerprint density at radius 1 is 0.833 bits per heavy atom. The van der Waals surface area contributed by atoms with Crippen LogP contribution >= 0.6 is 0 Å². The molecule has 0 unspecified atom stereocenters. The molecule has 3 aromatic rings. The average Bonchev–Trinajstić information content (AvgIpc) is 2.83. The largest absolute Gasteiger partial charge is 0.497 e. The second-order valence-corrected chi connectivity index (χ2v) is 7.28. The number of ether oxygens (including phenoxy) is 2. The topological polar surface area (TPSA) is 42.0 Å². The summed E-state index contributed by atoms with van der Waals surface area (Å²) in [4.78, 5) is 17.2. The van der Waals surface area contributed by atoms with Crippen LogP contribution in [-0.4, -0.2) is 44.1 Å². The number of methoxy groups -OCH3 is 1. The van der Waals surface area contributed by atoms with Crippen LogP contribution in [0.5, 0.6) is 11.5 Å². The Morgan fingerprint density at radius 3 is 2.33 bits per heavy atom. The van der Waals surface area contributed by atoms with Gasteiger partial charge in [-0.1, -0.05) is 42.5 Å². The Bertz CT molecular complexity index is 982. The van der Waals surface area contributed by atoms with Crippen LogP contribution in [0, 0.1) is 0 Å². The number of hydrogen-bond donors (Lipinski definition) is 0. The summed E-state index contributed by atoms with van der Waals surface area (Å²) in [5.41, 5.74) is 2.89. The summed E-state index contributed by atoms with van der Waals surface area (Å²) in [6.45, 7) is 3.44. The molecule has 0 N–H and O–H groups in total. The molecule has 0 bridgehead atoms. The van der Waals surface area contributed by atoms with Crippen molar-refractivity contribution >= 4 is 11.6 Å². The van der Waals surface area contributed by atoms with E-state index in [1.165, 1.54) is 0 Å². The minimum absolute atomic E-state index is 0.0467. The van der Waals surface area contributed by atoms with E-state index in [0.29, 0.717) is 31.0 Å². The molecule has 1 fully saturated rings. The molecule has 5 nitrogen and oxygen atoms in total. The molecular weight excluding hydrogens is 376 g/mol. The fourth-order valence-corrected chi connectivity index (χ4v) is 3.62. The van der Waals surface area contributed by atoms with Gasteiger partial charge in [-0.3, -0.25) is 4.79 Å². The fourth-order valence-electron chi connectivity index (χ4n) is 3.62. The van der Waals surface area contributed by atoms with Gasteiger partial charge in [-0.05, 0) is 35.9 Å². The number of anilines is 1. The van der Waals surface area contributed by atoms with Crippen molar-refractivity contribution in [3.8, 4) is 11.5 Å². The monoisotopic (exact) mass is 402 g/mol. The van der Waals surface area contributed by atoms with Crippen molar-refractivity contribution in [2.45, 2.75) is 6.61 Å². The Hall–Kier alpha value is -3.47. The number of rotatable bonds is 6. The molecule has 1 saturated heterocycles. The first-order valence-corrected chi connectivity index (χ1v) is 10.2. The summed E-state index contributed by atoms with van der Waals surface area (Å²) >= 11 is 0. The van der Waals surface area contributed by atoms with Crippen LogP contribution in [-0.2, 0) is 6.61 Å². The number of amides is 1. The molecule has 0 spiro atoms. The van der Waals surface area contributed by atoms with Gasteiger partial charge in [0.2, 0.25) is 0 Å². The highest BCUT2D eigenvalue weighted by Crippen LogP contribution is 2.23. The summed E-state index contributed by atoms with van der Waals surface area (Å²) in [5.74, 6) is 1.60. The Kier molecular flexibility index (Phi) is 6.18. The maximum atomic E-state index is 13.0. The standard InChI is InChI=1S/C25H26N2O3/c1-29-23-11-6-10-22(18-23)26-13-15-27(16-14-26)25(28)21-9-5-12-24(17-21)30-19-20-7-3-2-4-8-20/h2-12,17-18H,13-16,19H2,1H3. The molecular formula is C25H26N2O3. The highest BCUT2D eigenvalue weighted by atomic mass is 16.5. The number of nitrogens with zero attached hydrogens (tertiary/aromatic N) is 2. The first kappa shape index (κ1) is 19.8. The van der Waals surface area contributed by atoms with Gasteiger partial charge in [-0.15, -0.1) is 0 Å². The molecule has 1 aliphatic heterocycles. The molecule has 0 saturated carbocycles. The van der Waals surface area contributed by atoms with Crippen molar-refractivity contribution in [1.29, 1.82) is 0 Å². The van der Waals surface area contributed by atoms with Gasteiger partial charge in [-0.2, -0.15) is 0 Å². The van der Waals surface area contributed by atoms with Crippen molar-refractivity contribution in [3.63, 3.8) is 0 Å². The van der Waals surface area contributed by atoms with Gasteiger partial charge >= 0.3 is 0 Å². The van der Waals surface area contributed by atoms with Crippen LogP contribution in [0.4, 0.5) is 5.69 Å². The first-order valence-electron chi connectivity index (χ1n) is 10.2. The third kappa shape index (κ3) is 4.74. The van der Waals surface area contributed by atoms with Gasteiger partial charge in [0.05, 0.1) is 7.11 Å². The van der Waals surface area contributed by atoms with Gasteiger partial charge in [0.1, 0.15) is 18.1 Å². The van der Waals surface area contributed by atoms with Crippen LogP contribution < -0.4 is 14.4 Å². The van der Waals surface area contributed by atoms with Crippen LogP contribution in [0.25, 0.3) is 0 Å². The molecule has 1 amide bonds. The van der Waals surface area contributed by atoms with Crippen LogP contribution in [0.3, 0.4) is 0 Å². The summed E-state index contributed by atoms with van der Waals surface area (Å²) in [6, 6.07) is 25.5. The van der Waals surface area contributed by atoms with Gasteiger partial charge < -0.3 is 19.3 Å². The van der Waals surface area contributed by atoms with E-state index < -0.39 is 0 Å². The molecule has 0 radical (unpaired) electrons. The van der Waals surface area contributed by atoms with Crippen molar-refractivity contribution in [1.82, 2.24) is 4.90 Å². The first-order chi connectivity index (χ1) is 14.7. The predicted molar refractivity (Wildman–Crippen MR) is 118 cm³/mol. The van der Waals surface area contributed by atoms with Crippen molar-refractivity contribution in [2.75, 3.05) is 38.2 Å². The third-order valence-electron chi connectivity index (χ3n) is 5.31. The lowest BCUT2D eigenvalue weighted by Gasteiger charge is -2.36. The Labute approximate surface area is 177 Å². The van der Waals surface area contributed by atoms with Gasteiger partial charge in [0.25, 0.3) is 5.91 Å². The SMILES string of the molecule is COc1cccc(N2CCN(C(=O)c3cccc(OCc4ccccc4)c3)CC2)c1. The summed E-state index contributed by atoms with van der Waals surface area (Å²) in [6.07, 6.45) is 0. The second kappa shape index (κ2) is 9.35. The molecule has 5 heteroatoms. The lowest BCUT2D eigenvalue weighted by atomic mass is 10.1. The average molecular weight is 402 g/mol. The minimum Gasteiger partial charge on any atom is -0.497 e. The predicted octanol–water partition coefficient (Wildman–Crippen LogP) is 4.24. The molecule has 0 aromatic heterocycles. The van der Waals surface area contributed by atoms with Gasteiger partial charge in [0.15, 0.2) is 0 Å². The quantitative estimate of drug-likeness (QED) is 0.619. The zero-order chi connectivity index (χ0) is 20.8. The maximum Gasteiger partial charge on any atom is 0.254 e. The number of carbonyl (C=O) groups is 1. The van der Waals surface area contributed by atoms with E-state index in [1.54, 1.807) is 7.11 Å². The summed E-state index contributed by atoms with van der Waals surface area (Å²) < 4.78 is 11.2. The summed E-state index contributed by atoms with van der Waals surface area (Å²) in [7, 11) is 1.67. The molecule has 1 heterocycles. The number of carbonyl (C=O) groups excluding carboxylic acids is 1. The second-order valence-electron chi connectivity index (χ2n) is 7.28. The van der Waals surface area contributed by atoms with E-state index in [9.17, 15) is 4.79 Å². The zero-order valence-electron chi connectivity index (χ0n) is 17.2.